The molecule has 1 aromatic rings. The van der Waals surface area contributed by atoms with Crippen LogP contribution in [0.3, 0.4) is 0 Å². The van der Waals surface area contributed by atoms with Gasteiger partial charge in [0.05, 0.1) is 19.3 Å². The molecule has 0 aliphatic carbocycles. The van der Waals surface area contributed by atoms with E-state index in [9.17, 15) is 5.11 Å². The third-order valence-electron chi connectivity index (χ3n) is 4.69. The monoisotopic (exact) mass is 290 g/mol. The molecule has 3 aliphatic rings. The lowest BCUT2D eigenvalue weighted by atomic mass is 9.84. The van der Waals surface area contributed by atoms with E-state index in [4.69, 9.17) is 4.74 Å². The van der Waals surface area contributed by atoms with E-state index >= 15 is 0 Å². The van der Waals surface area contributed by atoms with Gasteiger partial charge in [-0.25, -0.2) is 0 Å². The van der Waals surface area contributed by atoms with Crippen LogP contribution in [0.15, 0.2) is 30.3 Å². The highest BCUT2D eigenvalue weighted by Gasteiger charge is 2.33. The quantitative estimate of drug-likeness (QED) is 0.793. The molecule has 3 heterocycles. The van der Waals surface area contributed by atoms with E-state index in [1.54, 1.807) is 0 Å². The van der Waals surface area contributed by atoms with Gasteiger partial charge in [0.25, 0.3) is 0 Å². The maximum Gasteiger partial charge on any atom is 0.0897 e. The summed E-state index contributed by atoms with van der Waals surface area (Å²) >= 11 is 0. The number of fused-ring (bicyclic) bond motifs is 3. The summed E-state index contributed by atoms with van der Waals surface area (Å²) in [6, 6.07) is 10.6. The van der Waals surface area contributed by atoms with Crippen molar-refractivity contribution >= 4 is 0 Å². The Morgan fingerprint density at radius 3 is 2.67 bits per heavy atom. The van der Waals surface area contributed by atoms with E-state index in [1.165, 1.54) is 25.9 Å². The van der Waals surface area contributed by atoms with Gasteiger partial charge in [-0.2, -0.15) is 0 Å². The summed E-state index contributed by atoms with van der Waals surface area (Å²) in [7, 11) is 0. The zero-order chi connectivity index (χ0) is 14.5. The van der Waals surface area contributed by atoms with Crippen molar-refractivity contribution < 1.29 is 9.84 Å². The number of nitrogens with one attached hydrogen (secondary N) is 1. The largest absolute Gasteiger partial charge is 0.389 e. The minimum absolute atomic E-state index is 0.392. The molecule has 4 nitrogen and oxygen atoms in total. The molecule has 4 rings (SSSR count). The van der Waals surface area contributed by atoms with Crippen LogP contribution in [0.1, 0.15) is 18.4 Å². The summed E-state index contributed by atoms with van der Waals surface area (Å²) < 4.78 is 5.58. The Kier molecular flexibility index (Phi) is 5.25. The number of nitrogens with zero attached hydrogens (tertiary/aromatic N) is 1. The average molecular weight is 290 g/mol. The Morgan fingerprint density at radius 2 is 2.00 bits per heavy atom. The molecule has 2 atom stereocenters. The SMILES string of the molecule is OC(CNC1CN2CCC1CC2)COCc1ccccc1. The van der Waals surface area contributed by atoms with E-state index < -0.39 is 6.10 Å². The van der Waals surface area contributed by atoms with Crippen LogP contribution in [0.2, 0.25) is 0 Å². The molecule has 3 saturated heterocycles. The lowest BCUT2D eigenvalue weighted by Gasteiger charge is -2.45. The summed E-state index contributed by atoms with van der Waals surface area (Å²) in [5.74, 6) is 0.799. The number of aliphatic hydroxyl groups excluding tert-OH is 1. The van der Waals surface area contributed by atoms with Crippen LogP contribution >= 0.6 is 0 Å². The first-order valence-corrected chi connectivity index (χ1v) is 8.07. The van der Waals surface area contributed by atoms with Crippen LogP contribution in [0.4, 0.5) is 0 Å². The van der Waals surface area contributed by atoms with E-state index in [-0.39, 0.29) is 0 Å². The summed E-state index contributed by atoms with van der Waals surface area (Å²) in [4.78, 5) is 2.52. The molecule has 0 aromatic heterocycles. The van der Waals surface area contributed by atoms with Crippen LogP contribution in [-0.2, 0) is 11.3 Å². The highest BCUT2D eigenvalue weighted by Crippen LogP contribution is 2.27. The van der Waals surface area contributed by atoms with Gasteiger partial charge in [0.2, 0.25) is 0 Å². The fraction of sp³-hybridized carbons (Fsp3) is 0.647. The van der Waals surface area contributed by atoms with Crippen molar-refractivity contribution in [2.45, 2.75) is 31.6 Å². The van der Waals surface area contributed by atoms with E-state index in [1.807, 2.05) is 30.3 Å². The van der Waals surface area contributed by atoms with Crippen molar-refractivity contribution in [1.29, 1.82) is 0 Å². The number of aliphatic hydroxyl groups is 1. The third kappa shape index (κ3) is 4.27. The normalized spacial score (nSPS) is 29.5. The Bertz CT molecular complexity index is 418. The lowest BCUT2D eigenvalue weighted by Crippen LogP contribution is -2.57. The molecule has 0 saturated carbocycles. The molecule has 2 N–H and O–H groups in total. The van der Waals surface area contributed by atoms with Gasteiger partial charge in [0.15, 0.2) is 0 Å². The lowest BCUT2D eigenvalue weighted by molar-refractivity contribution is 0.0183. The van der Waals surface area contributed by atoms with Crippen LogP contribution < -0.4 is 5.32 Å². The first kappa shape index (κ1) is 15.0. The molecule has 0 amide bonds. The number of piperidine rings is 3. The highest BCUT2D eigenvalue weighted by atomic mass is 16.5. The molecule has 21 heavy (non-hydrogen) atoms. The Balaban J connectivity index is 1.32. The minimum atomic E-state index is -0.427. The number of hydrogen-bond donors (Lipinski definition) is 2. The first-order chi connectivity index (χ1) is 10.3. The van der Waals surface area contributed by atoms with Gasteiger partial charge in [-0.1, -0.05) is 30.3 Å². The van der Waals surface area contributed by atoms with Gasteiger partial charge in [0, 0.05) is 19.1 Å². The van der Waals surface area contributed by atoms with Gasteiger partial charge in [0.1, 0.15) is 0 Å². The molecular formula is C17H26N2O2. The Labute approximate surface area is 127 Å². The Morgan fingerprint density at radius 1 is 1.24 bits per heavy atom. The topological polar surface area (TPSA) is 44.7 Å². The second-order valence-corrected chi connectivity index (χ2v) is 6.31. The van der Waals surface area contributed by atoms with Gasteiger partial charge in [-0.05, 0) is 37.4 Å². The highest BCUT2D eigenvalue weighted by molar-refractivity contribution is 5.13. The molecule has 3 aliphatic heterocycles. The van der Waals surface area contributed by atoms with Crippen molar-refractivity contribution in [3.63, 3.8) is 0 Å². The molecule has 0 spiro atoms. The molecular weight excluding hydrogens is 264 g/mol. The second kappa shape index (κ2) is 7.36. The molecule has 116 valence electrons. The van der Waals surface area contributed by atoms with Crippen molar-refractivity contribution in [2.24, 2.45) is 5.92 Å². The van der Waals surface area contributed by atoms with Gasteiger partial charge < -0.3 is 20.1 Å². The number of benzene rings is 1. The van der Waals surface area contributed by atoms with Gasteiger partial charge >= 0.3 is 0 Å². The average Bonchev–Trinajstić information content (AvgIpc) is 2.55. The van der Waals surface area contributed by atoms with Crippen LogP contribution in [0.5, 0.6) is 0 Å². The smallest absolute Gasteiger partial charge is 0.0897 e. The summed E-state index contributed by atoms with van der Waals surface area (Å²) in [6.07, 6.45) is 2.18. The fourth-order valence-corrected chi connectivity index (χ4v) is 3.43. The molecule has 3 fully saturated rings. The number of ether oxygens (including phenoxy) is 1. The zero-order valence-corrected chi connectivity index (χ0v) is 12.6. The van der Waals surface area contributed by atoms with Gasteiger partial charge in [-0.3, -0.25) is 0 Å². The van der Waals surface area contributed by atoms with E-state index in [2.05, 4.69) is 10.2 Å². The van der Waals surface area contributed by atoms with Crippen molar-refractivity contribution in [3.05, 3.63) is 35.9 Å². The van der Waals surface area contributed by atoms with Gasteiger partial charge in [-0.15, -0.1) is 0 Å². The Hall–Kier alpha value is -0.940. The minimum Gasteiger partial charge on any atom is -0.389 e. The number of hydrogen-bond acceptors (Lipinski definition) is 4. The predicted molar refractivity (Wildman–Crippen MR) is 83.1 cm³/mol. The first-order valence-electron chi connectivity index (χ1n) is 8.07. The van der Waals surface area contributed by atoms with Crippen LogP contribution in [0.25, 0.3) is 0 Å². The van der Waals surface area contributed by atoms with E-state index in [0.29, 0.717) is 25.8 Å². The molecule has 4 heteroatoms. The van der Waals surface area contributed by atoms with Crippen molar-refractivity contribution in [2.75, 3.05) is 32.8 Å². The second-order valence-electron chi connectivity index (χ2n) is 6.31. The number of rotatable bonds is 7. The zero-order valence-electron chi connectivity index (χ0n) is 12.6. The summed E-state index contributed by atoms with van der Waals surface area (Å²) in [5.41, 5.74) is 1.15. The molecule has 0 radical (unpaired) electrons. The van der Waals surface area contributed by atoms with Crippen LogP contribution in [0, 0.1) is 5.92 Å². The molecule has 1 aromatic carbocycles. The fourth-order valence-electron chi connectivity index (χ4n) is 3.43. The summed E-state index contributed by atoms with van der Waals surface area (Å²) in [6.45, 7) is 5.24. The maximum absolute atomic E-state index is 10.0. The summed E-state index contributed by atoms with van der Waals surface area (Å²) in [5, 5.41) is 13.6. The predicted octanol–water partition coefficient (Wildman–Crippen LogP) is 1.25. The maximum atomic E-state index is 10.0. The standard InChI is InChI=1S/C17H26N2O2/c20-16(13-21-12-14-4-2-1-3-5-14)10-18-17-11-19-8-6-15(17)7-9-19/h1-5,15-18,20H,6-13H2. The van der Waals surface area contributed by atoms with Crippen molar-refractivity contribution in [3.8, 4) is 0 Å². The third-order valence-corrected chi connectivity index (χ3v) is 4.69. The van der Waals surface area contributed by atoms with Crippen LogP contribution in [-0.4, -0.2) is 54.9 Å². The van der Waals surface area contributed by atoms with Crippen molar-refractivity contribution in [1.82, 2.24) is 10.2 Å². The van der Waals surface area contributed by atoms with E-state index in [0.717, 1.165) is 18.0 Å². The molecule has 2 unspecified atom stereocenters. The molecule has 2 bridgehead atoms.